The summed E-state index contributed by atoms with van der Waals surface area (Å²) in [5, 5.41) is 8.91. The lowest BCUT2D eigenvalue weighted by molar-refractivity contribution is -0.135. The monoisotopic (exact) mass is 330 g/mol. The van der Waals surface area contributed by atoms with Gasteiger partial charge in [0, 0.05) is 23.7 Å². The number of hydrogen-bond donors (Lipinski definition) is 2. The molecular formula is C12H15BrN2O4. The van der Waals surface area contributed by atoms with E-state index in [9.17, 15) is 9.59 Å². The quantitative estimate of drug-likeness (QED) is 0.780. The fraction of sp³-hybridized carbons (Fsp3) is 0.333. The Labute approximate surface area is 119 Å². The molecule has 0 aliphatic rings. The standard InChI is InChI=1S/C12H15BrN2O4/c1-19-5-4-15(7-11(16)17)10-3-2-8(12(14)18)6-9(10)13/h2-3,6H,4-5,7H2,1H3,(H2,14,18)(H,16,17). The van der Waals surface area contributed by atoms with Gasteiger partial charge in [-0.05, 0) is 34.1 Å². The fourth-order valence-corrected chi connectivity index (χ4v) is 2.20. The average Bonchev–Trinajstić information content (AvgIpc) is 2.34. The summed E-state index contributed by atoms with van der Waals surface area (Å²) in [6.07, 6.45) is 0. The zero-order valence-corrected chi connectivity index (χ0v) is 12.0. The van der Waals surface area contributed by atoms with Gasteiger partial charge in [-0.1, -0.05) is 0 Å². The highest BCUT2D eigenvalue weighted by molar-refractivity contribution is 9.10. The van der Waals surface area contributed by atoms with Crippen molar-refractivity contribution in [3.8, 4) is 0 Å². The molecule has 0 saturated heterocycles. The second-order valence-corrected chi connectivity index (χ2v) is 4.69. The summed E-state index contributed by atoms with van der Waals surface area (Å²) in [5.74, 6) is -1.48. The van der Waals surface area contributed by atoms with Crippen molar-refractivity contribution in [2.75, 3.05) is 31.7 Å². The number of nitrogens with zero attached hydrogens (tertiary/aromatic N) is 1. The number of amides is 1. The van der Waals surface area contributed by atoms with Gasteiger partial charge in [-0.15, -0.1) is 0 Å². The van der Waals surface area contributed by atoms with Crippen LogP contribution in [0.1, 0.15) is 10.4 Å². The first-order valence-corrected chi connectivity index (χ1v) is 6.30. The molecule has 7 heteroatoms. The number of primary amides is 1. The minimum absolute atomic E-state index is 0.155. The Hall–Kier alpha value is -1.60. The third-order valence-electron chi connectivity index (χ3n) is 2.46. The number of carboxylic acids is 1. The maximum atomic E-state index is 11.1. The predicted octanol–water partition coefficient (Wildman–Crippen LogP) is 1.09. The molecule has 19 heavy (non-hydrogen) atoms. The number of halogens is 1. The van der Waals surface area contributed by atoms with Gasteiger partial charge in [-0.25, -0.2) is 0 Å². The average molecular weight is 331 g/mol. The van der Waals surface area contributed by atoms with Crippen molar-refractivity contribution in [2.45, 2.75) is 0 Å². The molecule has 0 aliphatic carbocycles. The maximum Gasteiger partial charge on any atom is 0.323 e. The maximum absolute atomic E-state index is 11.1. The van der Waals surface area contributed by atoms with Crippen LogP contribution in [0.25, 0.3) is 0 Å². The topological polar surface area (TPSA) is 92.9 Å². The Morgan fingerprint density at radius 2 is 2.16 bits per heavy atom. The van der Waals surface area contributed by atoms with E-state index in [0.717, 1.165) is 0 Å². The van der Waals surface area contributed by atoms with Crippen molar-refractivity contribution in [2.24, 2.45) is 5.73 Å². The van der Waals surface area contributed by atoms with Gasteiger partial charge in [0.15, 0.2) is 0 Å². The van der Waals surface area contributed by atoms with E-state index in [2.05, 4.69) is 15.9 Å². The van der Waals surface area contributed by atoms with E-state index in [1.165, 1.54) is 0 Å². The molecule has 1 amide bonds. The van der Waals surface area contributed by atoms with E-state index in [1.807, 2.05) is 0 Å². The van der Waals surface area contributed by atoms with Crippen molar-refractivity contribution in [3.05, 3.63) is 28.2 Å². The van der Waals surface area contributed by atoms with Gasteiger partial charge < -0.3 is 20.5 Å². The lowest BCUT2D eigenvalue weighted by Gasteiger charge is -2.24. The van der Waals surface area contributed by atoms with Crippen LogP contribution in [0.5, 0.6) is 0 Å². The van der Waals surface area contributed by atoms with Crippen molar-refractivity contribution in [1.29, 1.82) is 0 Å². The van der Waals surface area contributed by atoms with Gasteiger partial charge in [0.25, 0.3) is 0 Å². The number of methoxy groups -OCH3 is 1. The number of hydrogen-bond acceptors (Lipinski definition) is 4. The van der Waals surface area contributed by atoms with Crippen LogP contribution in [0.2, 0.25) is 0 Å². The molecule has 0 unspecified atom stereocenters. The molecule has 0 saturated carbocycles. The second kappa shape index (κ2) is 7.10. The van der Waals surface area contributed by atoms with Crippen LogP contribution in [-0.4, -0.2) is 43.8 Å². The molecule has 104 valence electrons. The van der Waals surface area contributed by atoms with Crippen LogP contribution < -0.4 is 10.6 Å². The molecule has 0 bridgehead atoms. The van der Waals surface area contributed by atoms with Crippen LogP contribution >= 0.6 is 15.9 Å². The van der Waals surface area contributed by atoms with Crippen LogP contribution in [0.3, 0.4) is 0 Å². The summed E-state index contributed by atoms with van der Waals surface area (Å²) in [5.41, 5.74) is 6.21. The predicted molar refractivity (Wildman–Crippen MR) is 74.4 cm³/mol. The number of carboxylic acid groups (broad SMARTS) is 1. The molecule has 0 spiro atoms. The van der Waals surface area contributed by atoms with E-state index < -0.39 is 11.9 Å². The number of aliphatic carboxylic acids is 1. The van der Waals surface area contributed by atoms with Crippen molar-refractivity contribution in [1.82, 2.24) is 0 Å². The Balaban J connectivity index is 3.00. The Morgan fingerprint density at radius 3 is 2.63 bits per heavy atom. The number of carbonyl (C=O) groups excluding carboxylic acids is 1. The second-order valence-electron chi connectivity index (χ2n) is 3.84. The van der Waals surface area contributed by atoms with E-state index in [4.69, 9.17) is 15.6 Å². The van der Waals surface area contributed by atoms with E-state index in [1.54, 1.807) is 30.2 Å². The highest BCUT2D eigenvalue weighted by atomic mass is 79.9. The molecule has 3 N–H and O–H groups in total. The first kappa shape index (κ1) is 15.5. The van der Waals surface area contributed by atoms with Gasteiger partial charge in [-0.3, -0.25) is 9.59 Å². The van der Waals surface area contributed by atoms with E-state index in [0.29, 0.717) is 28.9 Å². The molecule has 1 aromatic rings. The van der Waals surface area contributed by atoms with Crippen molar-refractivity contribution in [3.63, 3.8) is 0 Å². The molecule has 6 nitrogen and oxygen atoms in total. The summed E-state index contributed by atoms with van der Waals surface area (Å²) >= 11 is 3.31. The van der Waals surface area contributed by atoms with Gasteiger partial charge in [-0.2, -0.15) is 0 Å². The molecule has 1 aromatic carbocycles. The summed E-state index contributed by atoms with van der Waals surface area (Å²) in [7, 11) is 1.55. The van der Waals surface area contributed by atoms with Gasteiger partial charge in [0.1, 0.15) is 6.54 Å². The number of carbonyl (C=O) groups is 2. The zero-order valence-electron chi connectivity index (χ0n) is 10.4. The number of benzene rings is 1. The number of ether oxygens (including phenoxy) is 1. The molecule has 0 fully saturated rings. The fourth-order valence-electron chi connectivity index (χ4n) is 1.57. The van der Waals surface area contributed by atoms with Gasteiger partial charge in [0.2, 0.25) is 5.91 Å². The molecule has 0 aliphatic heterocycles. The van der Waals surface area contributed by atoms with Crippen molar-refractivity contribution >= 4 is 33.5 Å². The lowest BCUT2D eigenvalue weighted by atomic mass is 10.2. The SMILES string of the molecule is COCCN(CC(=O)O)c1ccc(C(N)=O)cc1Br. The summed E-state index contributed by atoms with van der Waals surface area (Å²) < 4.78 is 5.57. The number of anilines is 1. The highest BCUT2D eigenvalue weighted by Gasteiger charge is 2.14. The van der Waals surface area contributed by atoms with Crippen molar-refractivity contribution < 1.29 is 19.4 Å². The minimum atomic E-state index is -0.943. The normalized spacial score (nSPS) is 10.2. The van der Waals surface area contributed by atoms with Gasteiger partial charge >= 0.3 is 5.97 Å². The van der Waals surface area contributed by atoms with Crippen LogP contribution in [0.4, 0.5) is 5.69 Å². The summed E-state index contributed by atoms with van der Waals surface area (Å²) in [4.78, 5) is 23.6. The largest absolute Gasteiger partial charge is 0.480 e. The minimum Gasteiger partial charge on any atom is -0.480 e. The van der Waals surface area contributed by atoms with E-state index >= 15 is 0 Å². The molecule has 1 rings (SSSR count). The molecule has 0 radical (unpaired) electrons. The van der Waals surface area contributed by atoms with E-state index in [-0.39, 0.29) is 6.54 Å². The smallest absolute Gasteiger partial charge is 0.323 e. The molecule has 0 atom stereocenters. The first-order valence-electron chi connectivity index (χ1n) is 5.50. The van der Waals surface area contributed by atoms with Crippen LogP contribution in [0, 0.1) is 0 Å². The lowest BCUT2D eigenvalue weighted by Crippen LogP contribution is -2.33. The Morgan fingerprint density at radius 1 is 1.47 bits per heavy atom. The zero-order chi connectivity index (χ0) is 14.4. The summed E-state index contributed by atoms with van der Waals surface area (Å²) in [6.45, 7) is 0.673. The first-order chi connectivity index (χ1) is 8.95. The Kier molecular flexibility index (Phi) is 5.78. The molecule has 0 aromatic heterocycles. The summed E-state index contributed by atoms with van der Waals surface area (Å²) in [6, 6.07) is 4.78. The number of nitrogens with two attached hydrogens (primary N) is 1. The van der Waals surface area contributed by atoms with Crippen LogP contribution in [-0.2, 0) is 9.53 Å². The third kappa shape index (κ3) is 4.53. The third-order valence-corrected chi connectivity index (χ3v) is 3.10. The highest BCUT2D eigenvalue weighted by Crippen LogP contribution is 2.27. The van der Waals surface area contributed by atoms with Crippen LogP contribution in [0.15, 0.2) is 22.7 Å². The Bertz CT molecular complexity index is 479. The van der Waals surface area contributed by atoms with Gasteiger partial charge in [0.05, 0.1) is 12.3 Å². The molecular weight excluding hydrogens is 316 g/mol. The molecule has 0 heterocycles. The number of rotatable bonds is 7.